The minimum Gasteiger partial charge on any atom is -0.495 e. The van der Waals surface area contributed by atoms with Gasteiger partial charge in [-0.1, -0.05) is 35.9 Å². The minimum absolute atomic E-state index is 0.0122. The standard InChI is InChI=1S/C24H25ClN2O5S/c1-16(2)32-15-17-7-6-8-19(13-17)26-24(28)18-11-12-20(25)23(14-18)33(29,30)27-21-9-4-5-10-22(21)31-3/h4-14,16,27H,15H2,1-3H3,(H,26,28). The van der Waals surface area contributed by atoms with Crippen LogP contribution in [0.2, 0.25) is 5.02 Å². The SMILES string of the molecule is COc1ccccc1NS(=O)(=O)c1cc(C(=O)Nc2cccc(COC(C)C)c2)ccc1Cl. The van der Waals surface area contributed by atoms with Crippen molar-refractivity contribution >= 4 is 38.9 Å². The number of hydrogen-bond acceptors (Lipinski definition) is 5. The Kier molecular flexibility index (Phi) is 7.97. The molecule has 3 aromatic carbocycles. The second kappa shape index (κ2) is 10.7. The molecule has 0 saturated heterocycles. The molecule has 0 radical (unpaired) electrons. The van der Waals surface area contributed by atoms with E-state index in [1.807, 2.05) is 26.0 Å². The highest BCUT2D eigenvalue weighted by Gasteiger charge is 2.22. The number of carbonyl (C=O) groups is 1. The minimum atomic E-state index is -4.09. The topological polar surface area (TPSA) is 93.7 Å². The Bertz CT molecular complexity index is 1250. The van der Waals surface area contributed by atoms with Crippen LogP contribution in [0.4, 0.5) is 11.4 Å². The van der Waals surface area contributed by atoms with E-state index >= 15 is 0 Å². The molecule has 1 amide bonds. The zero-order chi connectivity index (χ0) is 24.0. The molecule has 3 rings (SSSR count). The van der Waals surface area contributed by atoms with Crippen molar-refractivity contribution < 1.29 is 22.7 Å². The van der Waals surface area contributed by atoms with Gasteiger partial charge in [0.15, 0.2) is 0 Å². The zero-order valence-corrected chi connectivity index (χ0v) is 20.0. The van der Waals surface area contributed by atoms with Crippen LogP contribution >= 0.6 is 11.6 Å². The highest BCUT2D eigenvalue weighted by atomic mass is 35.5. The van der Waals surface area contributed by atoms with Crippen molar-refractivity contribution in [1.29, 1.82) is 0 Å². The number of halogens is 1. The van der Waals surface area contributed by atoms with Crippen molar-refractivity contribution in [3.63, 3.8) is 0 Å². The fraction of sp³-hybridized carbons (Fsp3) is 0.208. The molecule has 0 aromatic heterocycles. The van der Waals surface area contributed by atoms with E-state index in [4.69, 9.17) is 21.1 Å². The molecule has 0 saturated carbocycles. The lowest BCUT2D eigenvalue weighted by Gasteiger charge is -2.14. The Morgan fingerprint density at radius 1 is 1.03 bits per heavy atom. The number of ether oxygens (including phenoxy) is 2. The fourth-order valence-electron chi connectivity index (χ4n) is 2.98. The predicted molar refractivity (Wildman–Crippen MR) is 130 cm³/mol. The largest absolute Gasteiger partial charge is 0.495 e. The van der Waals surface area contributed by atoms with Crippen LogP contribution in [0.5, 0.6) is 5.75 Å². The number of sulfonamides is 1. The van der Waals surface area contributed by atoms with Crippen LogP contribution in [0.15, 0.2) is 71.6 Å². The van der Waals surface area contributed by atoms with Crippen molar-refractivity contribution in [1.82, 2.24) is 0 Å². The third-order valence-corrected chi connectivity index (χ3v) is 6.45. The number of benzene rings is 3. The van der Waals surface area contributed by atoms with Gasteiger partial charge in [0, 0.05) is 11.3 Å². The smallest absolute Gasteiger partial charge is 0.263 e. The molecule has 0 bridgehead atoms. The molecule has 9 heteroatoms. The molecule has 2 N–H and O–H groups in total. The molecule has 0 spiro atoms. The molecule has 0 aliphatic heterocycles. The molecule has 33 heavy (non-hydrogen) atoms. The summed E-state index contributed by atoms with van der Waals surface area (Å²) in [5.74, 6) is -0.116. The summed E-state index contributed by atoms with van der Waals surface area (Å²) >= 11 is 6.17. The number of rotatable bonds is 9. The second-order valence-electron chi connectivity index (χ2n) is 7.47. The van der Waals surface area contributed by atoms with Gasteiger partial charge in [0.25, 0.3) is 15.9 Å². The monoisotopic (exact) mass is 488 g/mol. The Balaban J connectivity index is 1.82. The third kappa shape index (κ3) is 6.47. The first-order valence-electron chi connectivity index (χ1n) is 10.2. The highest BCUT2D eigenvalue weighted by molar-refractivity contribution is 7.92. The molecular weight excluding hydrogens is 464 g/mol. The Labute approximate surface area is 198 Å². The Morgan fingerprint density at radius 3 is 2.52 bits per heavy atom. The normalized spacial score (nSPS) is 11.3. The number of anilines is 2. The molecule has 0 unspecified atom stereocenters. The molecule has 7 nitrogen and oxygen atoms in total. The van der Waals surface area contributed by atoms with Crippen LogP contribution in [0.3, 0.4) is 0 Å². The van der Waals surface area contributed by atoms with E-state index in [0.29, 0.717) is 18.0 Å². The van der Waals surface area contributed by atoms with E-state index in [1.165, 1.54) is 25.3 Å². The van der Waals surface area contributed by atoms with Crippen LogP contribution in [-0.2, 0) is 21.4 Å². The van der Waals surface area contributed by atoms with E-state index < -0.39 is 15.9 Å². The first kappa shape index (κ1) is 24.6. The van der Waals surface area contributed by atoms with Crippen LogP contribution in [0.1, 0.15) is 29.8 Å². The lowest BCUT2D eigenvalue weighted by Crippen LogP contribution is -2.17. The van der Waals surface area contributed by atoms with Gasteiger partial charge < -0.3 is 14.8 Å². The van der Waals surface area contributed by atoms with Gasteiger partial charge in [-0.05, 0) is 61.9 Å². The Hall–Kier alpha value is -3.07. The van der Waals surface area contributed by atoms with Crippen molar-refractivity contribution in [3.05, 3.63) is 82.9 Å². The molecule has 0 aliphatic carbocycles. The summed E-state index contributed by atoms with van der Waals surface area (Å²) in [5, 5.41) is 2.77. The summed E-state index contributed by atoms with van der Waals surface area (Å²) < 4.78 is 39.2. The van der Waals surface area contributed by atoms with Crippen LogP contribution in [-0.4, -0.2) is 27.5 Å². The number of para-hydroxylation sites is 2. The molecular formula is C24H25ClN2O5S. The second-order valence-corrected chi connectivity index (χ2v) is 9.52. The number of nitrogens with one attached hydrogen (secondary N) is 2. The van der Waals surface area contributed by atoms with Crippen LogP contribution < -0.4 is 14.8 Å². The van der Waals surface area contributed by atoms with Crippen molar-refractivity contribution in [2.75, 3.05) is 17.1 Å². The molecule has 0 aliphatic rings. The average molecular weight is 489 g/mol. The van der Waals surface area contributed by atoms with E-state index in [-0.39, 0.29) is 27.3 Å². The van der Waals surface area contributed by atoms with E-state index in [1.54, 1.807) is 36.4 Å². The predicted octanol–water partition coefficient (Wildman–Crippen LogP) is 5.33. The van der Waals surface area contributed by atoms with Gasteiger partial charge in [-0.25, -0.2) is 8.42 Å². The summed E-state index contributed by atoms with van der Waals surface area (Å²) in [6.07, 6.45) is 0.0853. The van der Waals surface area contributed by atoms with Crippen molar-refractivity contribution in [2.24, 2.45) is 0 Å². The molecule has 3 aromatic rings. The van der Waals surface area contributed by atoms with Crippen molar-refractivity contribution in [2.45, 2.75) is 31.5 Å². The van der Waals surface area contributed by atoms with Gasteiger partial charge in [0.05, 0.1) is 30.5 Å². The summed E-state index contributed by atoms with van der Waals surface area (Å²) in [6, 6.07) is 17.9. The average Bonchev–Trinajstić information content (AvgIpc) is 2.78. The maximum atomic E-state index is 13.0. The summed E-state index contributed by atoms with van der Waals surface area (Å²) in [7, 11) is -2.65. The summed E-state index contributed by atoms with van der Waals surface area (Å²) in [4.78, 5) is 12.6. The lowest BCUT2D eigenvalue weighted by molar-refractivity contribution is 0.0657. The zero-order valence-electron chi connectivity index (χ0n) is 18.5. The van der Waals surface area contributed by atoms with Crippen molar-refractivity contribution in [3.8, 4) is 5.75 Å². The van der Waals surface area contributed by atoms with Gasteiger partial charge in [-0.3, -0.25) is 9.52 Å². The number of methoxy groups -OCH3 is 1. The fourth-order valence-corrected chi connectivity index (χ4v) is 4.58. The van der Waals surface area contributed by atoms with E-state index in [2.05, 4.69) is 10.0 Å². The Morgan fingerprint density at radius 2 is 1.79 bits per heavy atom. The first-order valence-corrected chi connectivity index (χ1v) is 12.0. The van der Waals surface area contributed by atoms with Gasteiger partial charge in [-0.15, -0.1) is 0 Å². The van der Waals surface area contributed by atoms with Crippen LogP contribution in [0.25, 0.3) is 0 Å². The quantitative estimate of drug-likeness (QED) is 0.424. The van der Waals surface area contributed by atoms with E-state index in [9.17, 15) is 13.2 Å². The van der Waals surface area contributed by atoms with E-state index in [0.717, 1.165) is 5.56 Å². The lowest BCUT2D eigenvalue weighted by atomic mass is 10.2. The summed E-state index contributed by atoms with van der Waals surface area (Å²) in [5.41, 5.74) is 1.87. The number of amides is 1. The molecule has 0 atom stereocenters. The molecule has 0 heterocycles. The highest BCUT2D eigenvalue weighted by Crippen LogP contribution is 2.29. The maximum Gasteiger partial charge on any atom is 0.263 e. The maximum absolute atomic E-state index is 13.0. The number of hydrogen-bond donors (Lipinski definition) is 2. The van der Waals surface area contributed by atoms with Crippen LogP contribution in [0, 0.1) is 0 Å². The molecule has 0 fully saturated rings. The molecule has 174 valence electrons. The summed E-state index contributed by atoms with van der Waals surface area (Å²) in [6.45, 7) is 4.31. The third-order valence-electron chi connectivity index (χ3n) is 4.60. The van der Waals surface area contributed by atoms with Gasteiger partial charge in [0.1, 0.15) is 10.6 Å². The van der Waals surface area contributed by atoms with Gasteiger partial charge in [0.2, 0.25) is 0 Å². The van der Waals surface area contributed by atoms with Gasteiger partial charge >= 0.3 is 0 Å². The first-order chi connectivity index (χ1) is 15.7. The van der Waals surface area contributed by atoms with Gasteiger partial charge in [-0.2, -0.15) is 0 Å². The number of carbonyl (C=O) groups excluding carboxylic acids is 1.